The van der Waals surface area contributed by atoms with Gasteiger partial charge in [-0.1, -0.05) is 23.9 Å². The lowest BCUT2D eigenvalue weighted by Crippen LogP contribution is -1.69. The number of thioether (sulfide) groups is 1. The number of hydrogen-bond acceptors (Lipinski definition) is 3. The zero-order chi connectivity index (χ0) is 7.52. The minimum Gasteiger partial charge on any atom is -0.238 e. The van der Waals surface area contributed by atoms with Gasteiger partial charge in [-0.2, -0.15) is 0 Å². The number of halogens is 2. The lowest BCUT2D eigenvalue weighted by Gasteiger charge is -1.96. The molecular weight excluding hydrogens is 227 g/mol. The van der Waals surface area contributed by atoms with Crippen molar-refractivity contribution in [3.8, 4) is 0 Å². The van der Waals surface area contributed by atoms with Crippen molar-refractivity contribution < 1.29 is 0 Å². The second-order valence-corrected chi connectivity index (χ2v) is 2.97. The van der Waals surface area contributed by atoms with Gasteiger partial charge in [0.25, 0.3) is 0 Å². The fraction of sp³-hybridized carbons (Fsp3) is 0. The SMILES string of the molecule is C1=NC=Nc2ccccc2S1.Cl.Cl. The molecule has 2 nitrogen and oxygen atoms in total. The Hall–Kier alpha value is -0.510. The first-order valence-corrected chi connectivity index (χ1v) is 4.15. The fourth-order valence-electron chi connectivity index (χ4n) is 0.873. The number of para-hydroxylation sites is 1. The second-order valence-electron chi connectivity index (χ2n) is 2.08. The molecule has 0 amide bonds. The quantitative estimate of drug-likeness (QED) is 0.676. The maximum absolute atomic E-state index is 4.14. The monoisotopic (exact) mass is 234 g/mol. The van der Waals surface area contributed by atoms with Crippen LogP contribution in [0, 0.1) is 0 Å². The van der Waals surface area contributed by atoms with Gasteiger partial charge in [-0.25, -0.2) is 9.98 Å². The van der Waals surface area contributed by atoms with Crippen molar-refractivity contribution in [3.05, 3.63) is 24.3 Å². The highest BCUT2D eigenvalue weighted by Gasteiger charge is 1.99. The first kappa shape index (κ1) is 12.5. The molecule has 70 valence electrons. The van der Waals surface area contributed by atoms with Gasteiger partial charge in [0.15, 0.2) is 0 Å². The van der Waals surface area contributed by atoms with E-state index in [1.54, 1.807) is 23.6 Å². The Balaban J connectivity index is 0.000000720. The van der Waals surface area contributed by atoms with Crippen molar-refractivity contribution in [1.29, 1.82) is 0 Å². The molecule has 0 atom stereocenters. The Labute approximate surface area is 93.4 Å². The fourth-order valence-corrected chi connectivity index (χ4v) is 1.50. The smallest absolute Gasteiger partial charge is 0.116 e. The zero-order valence-corrected chi connectivity index (χ0v) is 9.03. The minimum atomic E-state index is 0. The summed E-state index contributed by atoms with van der Waals surface area (Å²) in [5, 5.41) is 0. The van der Waals surface area contributed by atoms with E-state index in [1.807, 2.05) is 24.3 Å². The number of nitrogens with zero attached hydrogens (tertiary/aromatic N) is 2. The minimum absolute atomic E-state index is 0. The molecule has 2 rings (SSSR count). The molecule has 0 saturated heterocycles. The third kappa shape index (κ3) is 3.03. The van der Waals surface area contributed by atoms with Crippen LogP contribution in [0.5, 0.6) is 0 Å². The van der Waals surface area contributed by atoms with Crippen molar-refractivity contribution in [2.75, 3.05) is 0 Å². The summed E-state index contributed by atoms with van der Waals surface area (Å²) in [4.78, 5) is 9.23. The molecule has 5 heteroatoms. The van der Waals surface area contributed by atoms with Gasteiger partial charge < -0.3 is 0 Å². The molecule has 0 N–H and O–H groups in total. The van der Waals surface area contributed by atoms with Crippen LogP contribution >= 0.6 is 36.6 Å². The van der Waals surface area contributed by atoms with Crippen molar-refractivity contribution >= 4 is 54.1 Å². The van der Waals surface area contributed by atoms with Crippen molar-refractivity contribution in [2.24, 2.45) is 9.98 Å². The van der Waals surface area contributed by atoms with Crippen molar-refractivity contribution in [2.45, 2.75) is 4.90 Å². The van der Waals surface area contributed by atoms with E-state index in [4.69, 9.17) is 0 Å². The molecule has 1 aromatic carbocycles. The van der Waals surface area contributed by atoms with Gasteiger partial charge in [0.2, 0.25) is 0 Å². The summed E-state index contributed by atoms with van der Waals surface area (Å²) in [5.41, 5.74) is 2.78. The Morgan fingerprint density at radius 3 is 2.69 bits per heavy atom. The summed E-state index contributed by atoms with van der Waals surface area (Å²) >= 11 is 1.59. The number of hydrogen-bond donors (Lipinski definition) is 0. The Bertz CT molecular complexity index is 326. The molecule has 1 heterocycles. The van der Waals surface area contributed by atoms with Crippen LogP contribution in [-0.4, -0.2) is 11.9 Å². The van der Waals surface area contributed by atoms with Gasteiger partial charge in [-0.05, 0) is 12.1 Å². The third-order valence-electron chi connectivity index (χ3n) is 1.37. The molecule has 0 aromatic heterocycles. The number of rotatable bonds is 0. The molecular formula is C8H8Cl2N2S. The van der Waals surface area contributed by atoms with Crippen LogP contribution < -0.4 is 0 Å². The van der Waals surface area contributed by atoms with E-state index >= 15 is 0 Å². The summed E-state index contributed by atoms with van der Waals surface area (Å²) in [5.74, 6) is 0. The highest BCUT2D eigenvalue weighted by atomic mass is 35.5. The highest BCUT2D eigenvalue weighted by molar-refractivity contribution is 8.12. The topological polar surface area (TPSA) is 24.7 Å². The predicted octanol–water partition coefficient (Wildman–Crippen LogP) is 3.32. The molecule has 0 spiro atoms. The molecule has 0 bridgehead atoms. The average Bonchev–Trinajstić information content (AvgIpc) is 2.28. The lowest BCUT2D eigenvalue weighted by molar-refractivity contribution is 1.39. The van der Waals surface area contributed by atoms with Crippen molar-refractivity contribution in [1.82, 2.24) is 0 Å². The van der Waals surface area contributed by atoms with E-state index < -0.39 is 0 Å². The summed E-state index contributed by atoms with van der Waals surface area (Å²) in [6.07, 6.45) is 1.57. The number of fused-ring (bicyclic) bond motifs is 1. The normalized spacial score (nSPS) is 12.0. The van der Waals surface area contributed by atoms with E-state index in [2.05, 4.69) is 9.98 Å². The molecule has 1 aromatic rings. The molecule has 0 radical (unpaired) electrons. The summed E-state index contributed by atoms with van der Waals surface area (Å²) in [6.45, 7) is 0. The maximum atomic E-state index is 4.14. The van der Waals surface area contributed by atoms with E-state index in [9.17, 15) is 0 Å². The van der Waals surface area contributed by atoms with E-state index in [0.29, 0.717) is 0 Å². The largest absolute Gasteiger partial charge is 0.238 e. The van der Waals surface area contributed by atoms with Gasteiger partial charge in [0.05, 0.1) is 11.2 Å². The van der Waals surface area contributed by atoms with Crippen LogP contribution in [-0.2, 0) is 0 Å². The Morgan fingerprint density at radius 1 is 1.08 bits per heavy atom. The van der Waals surface area contributed by atoms with Crippen LogP contribution in [0.3, 0.4) is 0 Å². The van der Waals surface area contributed by atoms with Gasteiger partial charge >= 0.3 is 0 Å². The van der Waals surface area contributed by atoms with Crippen LogP contribution in [0.25, 0.3) is 0 Å². The second kappa shape index (κ2) is 6.02. The predicted molar refractivity (Wildman–Crippen MR) is 63.4 cm³/mol. The zero-order valence-electron chi connectivity index (χ0n) is 6.58. The molecule has 0 aliphatic carbocycles. The molecule has 0 saturated carbocycles. The summed E-state index contributed by atoms with van der Waals surface area (Å²) in [6, 6.07) is 7.99. The number of aliphatic imine (C=N–C) groups is 2. The Morgan fingerprint density at radius 2 is 1.85 bits per heavy atom. The van der Waals surface area contributed by atoms with E-state index in [0.717, 1.165) is 10.6 Å². The highest BCUT2D eigenvalue weighted by Crippen LogP contribution is 2.28. The van der Waals surface area contributed by atoms with E-state index in [1.165, 1.54) is 0 Å². The summed E-state index contributed by atoms with van der Waals surface area (Å²) < 4.78 is 0. The molecule has 0 fully saturated rings. The first-order chi connectivity index (χ1) is 5.47. The average molecular weight is 235 g/mol. The van der Waals surface area contributed by atoms with Gasteiger partial charge in [-0.15, -0.1) is 24.8 Å². The van der Waals surface area contributed by atoms with Crippen LogP contribution in [0.4, 0.5) is 5.69 Å². The van der Waals surface area contributed by atoms with E-state index in [-0.39, 0.29) is 24.8 Å². The maximum Gasteiger partial charge on any atom is 0.116 e. The third-order valence-corrected chi connectivity index (χ3v) is 2.20. The van der Waals surface area contributed by atoms with Crippen LogP contribution in [0.15, 0.2) is 39.1 Å². The van der Waals surface area contributed by atoms with Gasteiger partial charge in [0, 0.05) is 4.90 Å². The van der Waals surface area contributed by atoms with Crippen LogP contribution in [0.1, 0.15) is 0 Å². The summed E-state index contributed by atoms with van der Waals surface area (Å²) in [7, 11) is 0. The van der Waals surface area contributed by atoms with Crippen LogP contribution in [0.2, 0.25) is 0 Å². The van der Waals surface area contributed by atoms with Crippen molar-refractivity contribution in [3.63, 3.8) is 0 Å². The first-order valence-electron chi connectivity index (χ1n) is 3.27. The van der Waals surface area contributed by atoms with Gasteiger partial charge in [-0.3, -0.25) is 0 Å². The lowest BCUT2D eigenvalue weighted by atomic mass is 10.3. The molecule has 13 heavy (non-hydrogen) atoms. The standard InChI is InChI=1S/C8H6N2S.2ClH/c1-2-4-8-7(3-1)10-5-9-6-11-8;;/h1-6H;2*1H. The molecule has 0 unspecified atom stereocenters. The number of benzene rings is 1. The molecule has 1 aliphatic rings. The Kier molecular flexibility index (Phi) is 5.79. The molecule has 1 aliphatic heterocycles. The van der Waals surface area contributed by atoms with Gasteiger partial charge in [0.1, 0.15) is 6.34 Å².